The number of amides is 2. The smallest absolute Gasteiger partial charge is 0.265 e. The molecule has 1 saturated heterocycles. The topological polar surface area (TPSA) is 80.2 Å². The fourth-order valence-electron chi connectivity index (χ4n) is 3.75. The Morgan fingerprint density at radius 1 is 1.10 bits per heavy atom. The van der Waals surface area contributed by atoms with Gasteiger partial charge in [-0.3, -0.25) is 9.59 Å². The van der Waals surface area contributed by atoms with Crippen molar-refractivity contribution < 1.29 is 19.2 Å². The first-order chi connectivity index (χ1) is 15.1. The molecule has 0 bridgehead atoms. The second kappa shape index (κ2) is 9.75. The van der Waals surface area contributed by atoms with Gasteiger partial charge in [0.05, 0.1) is 18.9 Å². The second-order valence-corrected chi connectivity index (χ2v) is 7.89. The SMILES string of the molecule is Cc1ccc(C2=NO[C@@H](C(=O)N[C@@H](Cc3ccccc3)C(=O)N3CCOCC3)C2)cc1. The van der Waals surface area contributed by atoms with E-state index in [1.165, 1.54) is 0 Å². The summed E-state index contributed by atoms with van der Waals surface area (Å²) < 4.78 is 5.36. The maximum atomic E-state index is 13.2. The van der Waals surface area contributed by atoms with Gasteiger partial charge < -0.3 is 19.8 Å². The van der Waals surface area contributed by atoms with Crippen LogP contribution in [0.25, 0.3) is 0 Å². The van der Waals surface area contributed by atoms with E-state index in [0.29, 0.717) is 39.1 Å². The molecule has 2 aliphatic rings. The molecule has 0 aromatic heterocycles. The Morgan fingerprint density at radius 2 is 1.81 bits per heavy atom. The molecule has 2 heterocycles. The van der Waals surface area contributed by atoms with Gasteiger partial charge in [0.2, 0.25) is 12.0 Å². The van der Waals surface area contributed by atoms with Crippen molar-refractivity contribution in [1.29, 1.82) is 0 Å². The zero-order valence-corrected chi connectivity index (χ0v) is 17.6. The molecule has 2 amide bonds. The zero-order valence-electron chi connectivity index (χ0n) is 17.6. The first-order valence-corrected chi connectivity index (χ1v) is 10.6. The Bertz CT molecular complexity index is 937. The van der Waals surface area contributed by atoms with Crippen molar-refractivity contribution in [3.05, 3.63) is 71.3 Å². The van der Waals surface area contributed by atoms with E-state index in [9.17, 15) is 9.59 Å². The van der Waals surface area contributed by atoms with E-state index in [0.717, 1.165) is 22.4 Å². The number of carbonyl (C=O) groups is 2. The van der Waals surface area contributed by atoms with Crippen molar-refractivity contribution in [3.63, 3.8) is 0 Å². The standard InChI is InChI=1S/C24H27N3O4/c1-17-7-9-19(10-8-17)20-16-22(31-26-20)23(28)25-21(15-18-5-3-2-4-6-18)24(29)27-11-13-30-14-12-27/h2-10,21-22H,11-16H2,1H3,(H,25,28)/t21-,22+/m0/s1. The fraction of sp³-hybridized carbons (Fsp3) is 0.375. The van der Waals surface area contributed by atoms with E-state index in [1.807, 2.05) is 61.5 Å². The highest BCUT2D eigenvalue weighted by molar-refractivity contribution is 6.04. The van der Waals surface area contributed by atoms with E-state index < -0.39 is 12.1 Å². The first kappa shape index (κ1) is 21.1. The molecule has 0 radical (unpaired) electrons. The van der Waals surface area contributed by atoms with Crippen LogP contribution in [0, 0.1) is 6.92 Å². The van der Waals surface area contributed by atoms with E-state index in [4.69, 9.17) is 9.57 Å². The lowest BCUT2D eigenvalue weighted by Crippen LogP contribution is -2.54. The molecule has 2 aliphatic heterocycles. The van der Waals surface area contributed by atoms with Crippen LogP contribution in [0.5, 0.6) is 0 Å². The molecule has 7 heteroatoms. The van der Waals surface area contributed by atoms with Gasteiger partial charge in [0.15, 0.2) is 0 Å². The number of oxime groups is 1. The first-order valence-electron chi connectivity index (χ1n) is 10.6. The minimum absolute atomic E-state index is 0.0989. The van der Waals surface area contributed by atoms with Crippen LogP contribution >= 0.6 is 0 Å². The highest BCUT2D eigenvalue weighted by Crippen LogP contribution is 2.18. The molecule has 0 aliphatic carbocycles. The maximum absolute atomic E-state index is 13.2. The molecule has 0 unspecified atom stereocenters. The van der Waals surface area contributed by atoms with Crippen LogP contribution in [0.15, 0.2) is 59.8 Å². The molecule has 2 atom stereocenters. The molecular formula is C24H27N3O4. The molecule has 0 saturated carbocycles. The van der Waals surface area contributed by atoms with Crippen molar-refractivity contribution in [3.8, 4) is 0 Å². The van der Waals surface area contributed by atoms with Crippen LogP contribution < -0.4 is 5.32 Å². The predicted molar refractivity (Wildman–Crippen MR) is 117 cm³/mol. The Labute approximate surface area is 182 Å². The van der Waals surface area contributed by atoms with Crippen molar-refractivity contribution in [2.45, 2.75) is 31.9 Å². The van der Waals surface area contributed by atoms with Crippen LogP contribution in [0.4, 0.5) is 0 Å². The molecule has 2 aromatic rings. The molecule has 31 heavy (non-hydrogen) atoms. The number of nitrogens with zero attached hydrogens (tertiary/aromatic N) is 2. The number of carbonyl (C=O) groups excluding carboxylic acids is 2. The van der Waals surface area contributed by atoms with Crippen LogP contribution in [0.1, 0.15) is 23.1 Å². The zero-order chi connectivity index (χ0) is 21.6. The maximum Gasteiger partial charge on any atom is 0.265 e. The van der Waals surface area contributed by atoms with E-state index in [-0.39, 0.29) is 11.8 Å². The average molecular weight is 421 g/mol. The summed E-state index contributed by atoms with van der Waals surface area (Å²) in [7, 11) is 0. The van der Waals surface area contributed by atoms with Crippen molar-refractivity contribution in [2.75, 3.05) is 26.3 Å². The van der Waals surface area contributed by atoms with Gasteiger partial charge in [-0.1, -0.05) is 65.3 Å². The third-order valence-electron chi connectivity index (χ3n) is 5.57. The summed E-state index contributed by atoms with van der Waals surface area (Å²) in [5, 5.41) is 7.02. The van der Waals surface area contributed by atoms with Gasteiger partial charge in [-0.15, -0.1) is 0 Å². The molecule has 4 rings (SSSR count). The minimum atomic E-state index is -0.743. The summed E-state index contributed by atoms with van der Waals surface area (Å²) in [5.74, 6) is -0.424. The third-order valence-corrected chi connectivity index (χ3v) is 5.57. The van der Waals surface area contributed by atoms with Crippen molar-refractivity contribution in [1.82, 2.24) is 10.2 Å². The van der Waals surface area contributed by atoms with Gasteiger partial charge in [0, 0.05) is 25.9 Å². The van der Waals surface area contributed by atoms with Gasteiger partial charge in [0.1, 0.15) is 6.04 Å². The largest absolute Gasteiger partial charge is 0.382 e. The summed E-state index contributed by atoms with van der Waals surface area (Å²) >= 11 is 0. The van der Waals surface area contributed by atoms with Gasteiger partial charge in [-0.25, -0.2) is 0 Å². The van der Waals surface area contributed by atoms with Crippen LogP contribution in [0.3, 0.4) is 0 Å². The second-order valence-electron chi connectivity index (χ2n) is 7.89. The monoisotopic (exact) mass is 421 g/mol. The number of hydrogen-bond donors (Lipinski definition) is 1. The summed E-state index contributed by atoms with van der Waals surface area (Å²) in [5.41, 5.74) is 3.81. The van der Waals surface area contributed by atoms with Gasteiger partial charge in [-0.05, 0) is 18.1 Å². The Kier molecular flexibility index (Phi) is 6.62. The van der Waals surface area contributed by atoms with Gasteiger partial charge in [0.25, 0.3) is 5.91 Å². The highest BCUT2D eigenvalue weighted by atomic mass is 16.6. The third kappa shape index (κ3) is 5.30. The number of nitrogens with one attached hydrogen (secondary N) is 1. The fourth-order valence-corrected chi connectivity index (χ4v) is 3.75. The number of ether oxygens (including phenoxy) is 1. The Morgan fingerprint density at radius 3 is 2.52 bits per heavy atom. The molecule has 0 spiro atoms. The molecule has 2 aromatic carbocycles. The molecule has 1 N–H and O–H groups in total. The molecular weight excluding hydrogens is 394 g/mol. The van der Waals surface area contributed by atoms with Crippen LogP contribution in [-0.4, -0.2) is 60.9 Å². The average Bonchev–Trinajstić information content (AvgIpc) is 3.30. The summed E-state index contributed by atoms with van der Waals surface area (Å²) in [4.78, 5) is 33.3. The highest BCUT2D eigenvalue weighted by Gasteiger charge is 2.33. The van der Waals surface area contributed by atoms with Gasteiger partial charge in [-0.2, -0.15) is 0 Å². The number of rotatable bonds is 6. The van der Waals surface area contributed by atoms with Crippen LogP contribution in [0.2, 0.25) is 0 Å². The lowest BCUT2D eigenvalue weighted by molar-refractivity contribution is -0.142. The molecule has 162 valence electrons. The quantitative estimate of drug-likeness (QED) is 0.775. The molecule has 1 fully saturated rings. The summed E-state index contributed by atoms with van der Waals surface area (Å²) in [6, 6.07) is 17.0. The van der Waals surface area contributed by atoms with Gasteiger partial charge >= 0.3 is 0 Å². The Hall–Kier alpha value is -3.19. The summed E-state index contributed by atoms with van der Waals surface area (Å²) in [6.07, 6.45) is 0.0481. The normalized spacial score (nSPS) is 19.3. The number of aryl methyl sites for hydroxylation is 1. The minimum Gasteiger partial charge on any atom is -0.382 e. The lowest BCUT2D eigenvalue weighted by Gasteiger charge is -2.31. The number of benzene rings is 2. The predicted octanol–water partition coefficient (Wildman–Crippen LogP) is 2.07. The number of morpholine rings is 1. The Balaban J connectivity index is 1.42. The van der Waals surface area contributed by atoms with E-state index in [2.05, 4.69) is 10.5 Å². The van der Waals surface area contributed by atoms with Crippen LogP contribution in [-0.2, 0) is 25.6 Å². The van der Waals surface area contributed by atoms with E-state index in [1.54, 1.807) is 4.90 Å². The number of hydrogen-bond acceptors (Lipinski definition) is 5. The van der Waals surface area contributed by atoms with Crippen molar-refractivity contribution >= 4 is 17.5 Å². The molecule has 7 nitrogen and oxygen atoms in total. The lowest BCUT2D eigenvalue weighted by atomic mass is 10.0. The van der Waals surface area contributed by atoms with E-state index >= 15 is 0 Å². The summed E-state index contributed by atoms with van der Waals surface area (Å²) in [6.45, 7) is 4.10. The van der Waals surface area contributed by atoms with Crippen molar-refractivity contribution in [2.24, 2.45) is 5.16 Å².